The highest BCUT2D eigenvalue weighted by Crippen LogP contribution is 2.08. The van der Waals surface area contributed by atoms with Gasteiger partial charge in [0.1, 0.15) is 5.76 Å². The summed E-state index contributed by atoms with van der Waals surface area (Å²) in [6, 6.07) is 2.48. The fraction of sp³-hybridized carbons (Fsp3) is 0.538. The van der Waals surface area contributed by atoms with Gasteiger partial charge in [-0.15, -0.1) is 0 Å². The third kappa shape index (κ3) is 4.93. The molecule has 0 saturated carbocycles. The molecule has 1 aromatic heterocycles. The number of carboxylic acids is 1. The van der Waals surface area contributed by atoms with Crippen molar-refractivity contribution in [1.82, 2.24) is 10.2 Å². The van der Waals surface area contributed by atoms with E-state index in [9.17, 15) is 14.7 Å². The van der Waals surface area contributed by atoms with Gasteiger partial charge in [-0.3, -0.25) is 0 Å². The zero-order valence-corrected chi connectivity index (χ0v) is 11.8. The van der Waals surface area contributed by atoms with Crippen LogP contribution in [0.25, 0.3) is 0 Å². The lowest BCUT2D eigenvalue weighted by molar-refractivity contribution is 0.0478. The summed E-state index contributed by atoms with van der Waals surface area (Å²) in [5.74, 6) is -0.965. The molecule has 7 heteroatoms. The highest BCUT2D eigenvalue weighted by Gasteiger charge is 2.21. The van der Waals surface area contributed by atoms with Crippen molar-refractivity contribution >= 4 is 12.0 Å². The number of hydrogen-bond donors (Lipinski definition) is 3. The van der Waals surface area contributed by atoms with Crippen LogP contribution in [0.3, 0.4) is 0 Å². The maximum Gasteiger partial charge on any atom is 0.371 e. The lowest BCUT2D eigenvalue weighted by Crippen LogP contribution is -2.46. The molecule has 3 N–H and O–H groups in total. The van der Waals surface area contributed by atoms with E-state index in [1.54, 1.807) is 20.8 Å². The largest absolute Gasteiger partial charge is 0.475 e. The molecule has 0 unspecified atom stereocenters. The van der Waals surface area contributed by atoms with Gasteiger partial charge in [0.25, 0.3) is 0 Å². The summed E-state index contributed by atoms with van der Waals surface area (Å²) >= 11 is 0. The lowest BCUT2D eigenvalue weighted by atomic mass is 10.1. The van der Waals surface area contributed by atoms with Crippen molar-refractivity contribution in [2.45, 2.75) is 32.9 Å². The van der Waals surface area contributed by atoms with Crippen LogP contribution in [0.2, 0.25) is 0 Å². The summed E-state index contributed by atoms with van der Waals surface area (Å²) in [5, 5.41) is 21.0. The number of furan rings is 1. The molecule has 1 rings (SSSR count). The molecule has 2 amide bonds. The summed E-state index contributed by atoms with van der Waals surface area (Å²) in [7, 11) is 0. The second-order valence-corrected chi connectivity index (χ2v) is 5.06. The number of nitrogens with zero attached hydrogens (tertiary/aromatic N) is 1. The maximum absolute atomic E-state index is 11.9. The molecule has 0 aliphatic rings. The van der Waals surface area contributed by atoms with E-state index in [4.69, 9.17) is 9.52 Å². The Morgan fingerprint density at radius 1 is 1.40 bits per heavy atom. The number of carboxylic acid groups (broad SMARTS) is 1. The highest BCUT2D eigenvalue weighted by molar-refractivity contribution is 5.84. The van der Waals surface area contributed by atoms with E-state index >= 15 is 0 Å². The van der Waals surface area contributed by atoms with E-state index < -0.39 is 11.6 Å². The van der Waals surface area contributed by atoms with Crippen LogP contribution in [0.15, 0.2) is 16.5 Å². The molecule has 0 bridgehead atoms. The number of aliphatic hydroxyl groups is 1. The van der Waals surface area contributed by atoms with E-state index in [-0.39, 0.29) is 24.9 Å². The Bertz CT molecular complexity index is 475. The van der Waals surface area contributed by atoms with Crippen molar-refractivity contribution in [2.24, 2.45) is 0 Å². The molecule has 0 atom stereocenters. The Morgan fingerprint density at radius 2 is 2.05 bits per heavy atom. The third-order valence-electron chi connectivity index (χ3n) is 2.53. The average molecular weight is 284 g/mol. The summed E-state index contributed by atoms with van der Waals surface area (Å²) in [6.45, 7) is 5.79. The van der Waals surface area contributed by atoms with Crippen molar-refractivity contribution < 1.29 is 24.2 Å². The summed E-state index contributed by atoms with van der Waals surface area (Å²) in [4.78, 5) is 24.0. The minimum atomic E-state index is -1.15. The van der Waals surface area contributed by atoms with Gasteiger partial charge in [0.05, 0.1) is 18.7 Å². The predicted molar refractivity (Wildman–Crippen MR) is 71.4 cm³/mol. The van der Waals surface area contributed by atoms with Crippen molar-refractivity contribution in [2.75, 3.05) is 13.1 Å². The Morgan fingerprint density at radius 3 is 2.50 bits per heavy atom. The Balaban J connectivity index is 2.54. The summed E-state index contributed by atoms with van der Waals surface area (Å²) in [5.41, 5.74) is -0.978. The van der Waals surface area contributed by atoms with Gasteiger partial charge in [-0.2, -0.15) is 0 Å². The first-order chi connectivity index (χ1) is 9.23. The second-order valence-electron chi connectivity index (χ2n) is 5.06. The molecule has 1 aromatic rings. The van der Waals surface area contributed by atoms with Crippen LogP contribution in [0.1, 0.15) is 37.1 Å². The first kappa shape index (κ1) is 16.0. The second kappa shape index (κ2) is 6.42. The van der Waals surface area contributed by atoms with Crippen LogP contribution in [-0.2, 0) is 6.54 Å². The first-order valence-corrected chi connectivity index (χ1v) is 6.30. The molecule has 0 saturated heterocycles. The summed E-state index contributed by atoms with van der Waals surface area (Å²) in [6.07, 6.45) is 0. The van der Waals surface area contributed by atoms with Crippen LogP contribution in [-0.4, -0.2) is 45.8 Å². The van der Waals surface area contributed by atoms with Gasteiger partial charge in [0.2, 0.25) is 5.76 Å². The fourth-order valence-electron chi connectivity index (χ4n) is 1.66. The number of rotatable bonds is 6. The number of hydrogen-bond acceptors (Lipinski definition) is 4. The third-order valence-corrected chi connectivity index (χ3v) is 2.53. The van der Waals surface area contributed by atoms with Crippen molar-refractivity contribution in [3.63, 3.8) is 0 Å². The molecule has 20 heavy (non-hydrogen) atoms. The zero-order chi connectivity index (χ0) is 15.3. The highest BCUT2D eigenvalue weighted by atomic mass is 16.4. The average Bonchev–Trinajstić information content (AvgIpc) is 2.80. The number of urea groups is 1. The number of amides is 2. The zero-order valence-electron chi connectivity index (χ0n) is 11.8. The molecular formula is C13H20N2O5. The molecule has 0 radical (unpaired) electrons. The Hall–Kier alpha value is -2.02. The van der Waals surface area contributed by atoms with Crippen LogP contribution in [0.5, 0.6) is 0 Å². The molecule has 0 aliphatic carbocycles. The molecule has 0 spiro atoms. The van der Waals surface area contributed by atoms with Gasteiger partial charge >= 0.3 is 12.0 Å². The Kier molecular flexibility index (Phi) is 5.15. The van der Waals surface area contributed by atoms with Gasteiger partial charge in [-0.1, -0.05) is 0 Å². The monoisotopic (exact) mass is 284 g/mol. The van der Waals surface area contributed by atoms with Crippen LogP contribution in [0.4, 0.5) is 4.79 Å². The van der Waals surface area contributed by atoms with E-state index in [1.807, 2.05) is 0 Å². The topological polar surface area (TPSA) is 103 Å². The summed E-state index contributed by atoms with van der Waals surface area (Å²) < 4.78 is 5.03. The van der Waals surface area contributed by atoms with Gasteiger partial charge in [0, 0.05) is 6.54 Å². The number of carbonyl (C=O) groups excluding carboxylic acids is 1. The van der Waals surface area contributed by atoms with Gasteiger partial charge in [-0.05, 0) is 32.9 Å². The fourth-order valence-corrected chi connectivity index (χ4v) is 1.66. The normalized spacial score (nSPS) is 11.2. The quantitative estimate of drug-likeness (QED) is 0.730. The van der Waals surface area contributed by atoms with Gasteiger partial charge < -0.3 is 24.8 Å². The van der Waals surface area contributed by atoms with Crippen LogP contribution >= 0.6 is 0 Å². The molecule has 112 valence electrons. The van der Waals surface area contributed by atoms with Crippen molar-refractivity contribution in [1.29, 1.82) is 0 Å². The minimum absolute atomic E-state index is 0.0917. The van der Waals surface area contributed by atoms with E-state index in [0.717, 1.165) is 0 Å². The number of nitrogens with one attached hydrogen (secondary N) is 1. The Labute approximate surface area is 117 Å². The SMILES string of the molecule is CCN(CC(C)(C)O)C(=O)NCc1ccc(C(=O)O)o1. The number of likely N-dealkylation sites (N-methyl/N-ethyl adjacent to an activating group) is 1. The van der Waals surface area contributed by atoms with Crippen LogP contribution in [0, 0.1) is 0 Å². The molecule has 0 aromatic carbocycles. The van der Waals surface area contributed by atoms with E-state index in [2.05, 4.69) is 5.32 Å². The van der Waals surface area contributed by atoms with Crippen molar-refractivity contribution in [3.8, 4) is 0 Å². The van der Waals surface area contributed by atoms with Crippen LogP contribution < -0.4 is 5.32 Å². The smallest absolute Gasteiger partial charge is 0.371 e. The van der Waals surface area contributed by atoms with Gasteiger partial charge in [-0.25, -0.2) is 9.59 Å². The predicted octanol–water partition coefficient (Wildman–Crippen LogP) is 1.28. The minimum Gasteiger partial charge on any atom is -0.475 e. The molecule has 7 nitrogen and oxygen atoms in total. The molecular weight excluding hydrogens is 264 g/mol. The molecule has 1 heterocycles. The first-order valence-electron chi connectivity index (χ1n) is 6.30. The molecule has 0 aliphatic heterocycles. The molecule has 0 fully saturated rings. The van der Waals surface area contributed by atoms with Gasteiger partial charge in [0.15, 0.2) is 0 Å². The maximum atomic E-state index is 11.9. The lowest BCUT2D eigenvalue weighted by Gasteiger charge is -2.28. The number of carbonyl (C=O) groups is 2. The van der Waals surface area contributed by atoms with E-state index in [0.29, 0.717) is 12.3 Å². The van der Waals surface area contributed by atoms with Crippen molar-refractivity contribution in [3.05, 3.63) is 23.7 Å². The standard InChI is InChI=1S/C13H20N2O5/c1-4-15(8-13(2,3)19)12(18)14-7-9-5-6-10(20-9)11(16)17/h5-6,19H,4,7-8H2,1-3H3,(H,14,18)(H,16,17). The number of aromatic carboxylic acids is 1. The van der Waals surface area contributed by atoms with E-state index in [1.165, 1.54) is 17.0 Å².